The molecule has 0 radical (unpaired) electrons. The van der Waals surface area contributed by atoms with Gasteiger partial charge in [0.2, 0.25) is 5.88 Å². The van der Waals surface area contributed by atoms with Crippen molar-refractivity contribution in [2.24, 2.45) is 0 Å². The Bertz CT molecular complexity index is 353. The first-order chi connectivity index (χ1) is 7.48. The highest BCUT2D eigenvalue weighted by molar-refractivity contribution is 5.62. The normalized spacial score (nSPS) is 11.2. The van der Waals surface area contributed by atoms with Gasteiger partial charge in [0.1, 0.15) is 0 Å². The zero-order chi connectivity index (χ0) is 12.2. The average Bonchev–Trinajstić information content (AvgIpc) is 2.21. The lowest BCUT2D eigenvalue weighted by atomic mass is 10.1. The summed E-state index contributed by atoms with van der Waals surface area (Å²) in [5.74, 6) is 1.14. The van der Waals surface area contributed by atoms with Gasteiger partial charge in [-0.3, -0.25) is 0 Å². The van der Waals surface area contributed by atoms with Gasteiger partial charge in [0, 0.05) is 13.2 Å². The van der Waals surface area contributed by atoms with Gasteiger partial charge in [-0.15, -0.1) is 0 Å². The Kier molecular flexibility index (Phi) is 3.95. The molecule has 0 aliphatic heterocycles. The largest absolute Gasteiger partial charge is 0.481 e. The molecule has 0 fully saturated rings. The molecule has 90 valence electrons. The van der Waals surface area contributed by atoms with Gasteiger partial charge in [-0.2, -0.15) is 4.98 Å². The fraction of sp³-hybridized carbons (Fsp3) is 0.545. The lowest BCUT2D eigenvalue weighted by Crippen LogP contribution is -2.36. The van der Waals surface area contributed by atoms with Crippen LogP contribution in [0.3, 0.4) is 0 Å². The fourth-order valence-electron chi connectivity index (χ4n) is 1.38. The minimum Gasteiger partial charge on any atom is -0.481 e. The van der Waals surface area contributed by atoms with Crippen LogP contribution in [0.1, 0.15) is 13.8 Å². The minimum atomic E-state index is -0.234. The molecule has 0 saturated heterocycles. The minimum absolute atomic E-state index is 0.234. The number of anilines is 2. The molecule has 0 bridgehead atoms. The van der Waals surface area contributed by atoms with Crippen LogP contribution < -0.4 is 15.8 Å². The highest BCUT2D eigenvalue weighted by Gasteiger charge is 2.19. The van der Waals surface area contributed by atoms with E-state index in [2.05, 4.69) is 10.3 Å². The quantitative estimate of drug-likeness (QED) is 0.795. The number of nitrogens with two attached hydrogens (primary N) is 1. The Hall–Kier alpha value is -1.49. The number of hydrogen-bond acceptors (Lipinski definition) is 5. The van der Waals surface area contributed by atoms with E-state index in [1.807, 2.05) is 13.8 Å². The van der Waals surface area contributed by atoms with Gasteiger partial charge < -0.3 is 20.5 Å². The molecule has 1 aromatic heterocycles. The van der Waals surface area contributed by atoms with Gasteiger partial charge in [-0.25, -0.2) is 0 Å². The Morgan fingerprint density at radius 3 is 2.62 bits per heavy atom. The summed E-state index contributed by atoms with van der Waals surface area (Å²) in [7, 11) is 3.23. The van der Waals surface area contributed by atoms with Crippen LogP contribution >= 0.6 is 0 Å². The molecule has 0 atom stereocenters. The van der Waals surface area contributed by atoms with Crippen LogP contribution in [-0.4, -0.2) is 31.3 Å². The van der Waals surface area contributed by atoms with E-state index in [1.165, 1.54) is 0 Å². The number of nitrogen functional groups attached to an aromatic ring is 1. The highest BCUT2D eigenvalue weighted by atomic mass is 16.5. The maximum atomic E-state index is 5.83. The van der Waals surface area contributed by atoms with E-state index in [0.29, 0.717) is 24.0 Å². The molecule has 0 spiro atoms. The molecular formula is C11H19N3O2. The predicted molar refractivity (Wildman–Crippen MR) is 64.8 cm³/mol. The first kappa shape index (κ1) is 12.6. The molecular weight excluding hydrogens is 206 g/mol. The molecule has 0 unspecified atom stereocenters. The van der Waals surface area contributed by atoms with E-state index < -0.39 is 0 Å². The molecule has 16 heavy (non-hydrogen) atoms. The summed E-state index contributed by atoms with van der Waals surface area (Å²) >= 11 is 0. The number of ether oxygens (including phenoxy) is 2. The monoisotopic (exact) mass is 225 g/mol. The third-order valence-corrected chi connectivity index (χ3v) is 2.07. The molecule has 1 rings (SSSR count). The van der Waals surface area contributed by atoms with E-state index in [4.69, 9.17) is 15.2 Å². The van der Waals surface area contributed by atoms with Crippen molar-refractivity contribution in [1.82, 2.24) is 4.98 Å². The second-order valence-electron chi connectivity index (χ2n) is 4.23. The van der Waals surface area contributed by atoms with Gasteiger partial charge in [0.25, 0.3) is 0 Å². The van der Waals surface area contributed by atoms with Gasteiger partial charge in [0.05, 0.1) is 24.9 Å². The molecule has 0 amide bonds. The third-order valence-electron chi connectivity index (χ3n) is 2.07. The smallest absolute Gasteiger partial charge is 0.215 e. The third kappa shape index (κ3) is 3.27. The van der Waals surface area contributed by atoms with Crippen molar-refractivity contribution in [3.63, 3.8) is 0 Å². The lowest BCUT2D eigenvalue weighted by molar-refractivity contribution is 0.158. The van der Waals surface area contributed by atoms with Gasteiger partial charge in [0.15, 0.2) is 5.82 Å². The molecule has 3 N–H and O–H groups in total. The standard InChI is InChI=1S/C11H19N3O2/c1-11(2,7-15-3)14-10-8(12)5-6-9(13-10)16-4/h5-6H,7,12H2,1-4H3,(H,13,14). The van der Waals surface area contributed by atoms with Crippen molar-refractivity contribution < 1.29 is 9.47 Å². The van der Waals surface area contributed by atoms with Crippen LogP contribution in [0.4, 0.5) is 11.5 Å². The maximum absolute atomic E-state index is 5.83. The molecule has 1 heterocycles. The van der Waals surface area contributed by atoms with Crippen LogP contribution in [0.2, 0.25) is 0 Å². The molecule has 5 nitrogen and oxygen atoms in total. The Labute approximate surface area is 96.0 Å². The molecule has 0 aliphatic rings. The highest BCUT2D eigenvalue weighted by Crippen LogP contribution is 2.23. The van der Waals surface area contributed by atoms with Crippen LogP contribution in [0.25, 0.3) is 0 Å². The van der Waals surface area contributed by atoms with Crippen molar-refractivity contribution in [1.29, 1.82) is 0 Å². The fourth-order valence-corrected chi connectivity index (χ4v) is 1.38. The van der Waals surface area contributed by atoms with E-state index in [1.54, 1.807) is 26.4 Å². The number of methoxy groups -OCH3 is 2. The van der Waals surface area contributed by atoms with Crippen LogP contribution in [-0.2, 0) is 4.74 Å². The number of nitrogens with one attached hydrogen (secondary N) is 1. The van der Waals surface area contributed by atoms with Gasteiger partial charge in [-0.05, 0) is 19.9 Å². The van der Waals surface area contributed by atoms with Crippen molar-refractivity contribution in [2.75, 3.05) is 31.9 Å². The Morgan fingerprint density at radius 1 is 1.38 bits per heavy atom. The predicted octanol–water partition coefficient (Wildman–Crippen LogP) is 1.51. The van der Waals surface area contributed by atoms with Crippen LogP contribution in [0.5, 0.6) is 5.88 Å². The SMILES string of the molecule is COCC(C)(C)Nc1nc(OC)ccc1N. The summed E-state index contributed by atoms with van der Waals surface area (Å²) < 4.78 is 10.2. The van der Waals surface area contributed by atoms with Crippen molar-refractivity contribution in [3.8, 4) is 5.88 Å². The molecule has 0 saturated carbocycles. The van der Waals surface area contributed by atoms with E-state index >= 15 is 0 Å². The number of rotatable bonds is 5. The lowest BCUT2D eigenvalue weighted by Gasteiger charge is -2.26. The summed E-state index contributed by atoms with van der Waals surface area (Å²) in [6.07, 6.45) is 0. The average molecular weight is 225 g/mol. The molecule has 5 heteroatoms. The Morgan fingerprint density at radius 2 is 2.06 bits per heavy atom. The first-order valence-corrected chi connectivity index (χ1v) is 5.06. The van der Waals surface area contributed by atoms with E-state index in [0.717, 1.165) is 0 Å². The first-order valence-electron chi connectivity index (χ1n) is 5.06. The molecule has 1 aromatic rings. The van der Waals surface area contributed by atoms with Crippen molar-refractivity contribution >= 4 is 11.5 Å². The molecule has 0 aromatic carbocycles. The summed E-state index contributed by atoms with van der Waals surface area (Å²) in [6.45, 7) is 4.58. The number of aromatic nitrogens is 1. The molecule has 0 aliphatic carbocycles. The number of hydrogen-bond donors (Lipinski definition) is 2. The Balaban J connectivity index is 2.87. The van der Waals surface area contributed by atoms with Crippen molar-refractivity contribution in [3.05, 3.63) is 12.1 Å². The van der Waals surface area contributed by atoms with Crippen LogP contribution in [0, 0.1) is 0 Å². The van der Waals surface area contributed by atoms with Gasteiger partial charge in [-0.1, -0.05) is 0 Å². The number of pyridine rings is 1. The van der Waals surface area contributed by atoms with Gasteiger partial charge >= 0.3 is 0 Å². The summed E-state index contributed by atoms with van der Waals surface area (Å²) in [5, 5.41) is 3.22. The summed E-state index contributed by atoms with van der Waals surface area (Å²) in [6, 6.07) is 3.49. The topological polar surface area (TPSA) is 69.4 Å². The second kappa shape index (κ2) is 5.03. The summed E-state index contributed by atoms with van der Waals surface area (Å²) in [4.78, 5) is 4.24. The van der Waals surface area contributed by atoms with E-state index in [9.17, 15) is 0 Å². The van der Waals surface area contributed by atoms with E-state index in [-0.39, 0.29) is 5.54 Å². The van der Waals surface area contributed by atoms with Crippen LogP contribution in [0.15, 0.2) is 12.1 Å². The number of nitrogens with zero attached hydrogens (tertiary/aromatic N) is 1. The zero-order valence-electron chi connectivity index (χ0n) is 10.2. The second-order valence-corrected chi connectivity index (χ2v) is 4.23. The summed E-state index contributed by atoms with van der Waals surface area (Å²) in [5.41, 5.74) is 6.18. The van der Waals surface area contributed by atoms with Crippen molar-refractivity contribution in [2.45, 2.75) is 19.4 Å². The zero-order valence-corrected chi connectivity index (χ0v) is 10.2. The maximum Gasteiger partial charge on any atom is 0.215 e.